The van der Waals surface area contributed by atoms with Crippen molar-refractivity contribution in [3.8, 4) is 11.3 Å². The normalized spacial score (nSPS) is 13.0. The molecule has 210 valence electrons. The van der Waals surface area contributed by atoms with Crippen LogP contribution in [0.25, 0.3) is 11.3 Å². The van der Waals surface area contributed by atoms with Gasteiger partial charge in [0.25, 0.3) is 0 Å². The smallest absolute Gasteiger partial charge is 0.323 e. The number of pyridine rings is 1. The van der Waals surface area contributed by atoms with Crippen LogP contribution in [0.3, 0.4) is 0 Å². The fraction of sp³-hybridized carbons (Fsp3) is 0.581. The molecule has 0 fully saturated rings. The van der Waals surface area contributed by atoms with Crippen molar-refractivity contribution in [2.45, 2.75) is 80.4 Å². The van der Waals surface area contributed by atoms with Gasteiger partial charge in [-0.15, -0.1) is 0 Å². The second kappa shape index (κ2) is 15.6. The summed E-state index contributed by atoms with van der Waals surface area (Å²) in [5.74, 6) is -2.50. The number of ether oxygens (including phenoxy) is 3. The van der Waals surface area contributed by atoms with E-state index in [1.165, 1.54) is 5.56 Å². The Morgan fingerprint density at radius 2 is 1.39 bits per heavy atom. The summed E-state index contributed by atoms with van der Waals surface area (Å²) in [6, 6.07) is 9.83. The van der Waals surface area contributed by atoms with Gasteiger partial charge in [0.05, 0.1) is 30.6 Å². The molecule has 2 atom stereocenters. The number of hydrogen-bond acceptors (Lipinski definition) is 7. The summed E-state index contributed by atoms with van der Waals surface area (Å²) in [5.41, 5.74) is 6.21. The maximum atomic E-state index is 13.2. The molecule has 0 bridgehead atoms. The fourth-order valence-electron chi connectivity index (χ4n) is 5.26. The first-order chi connectivity index (χ1) is 18.2. The van der Waals surface area contributed by atoms with Crippen LogP contribution in [-0.2, 0) is 23.8 Å². The molecule has 0 saturated heterocycles. The molecule has 2 rings (SSSR count). The zero-order chi connectivity index (χ0) is 28.2. The molecule has 0 radical (unpaired) electrons. The van der Waals surface area contributed by atoms with Crippen LogP contribution >= 0.6 is 0 Å². The summed E-state index contributed by atoms with van der Waals surface area (Å²) in [7, 11) is 0. The maximum absolute atomic E-state index is 13.2. The molecular formula is C31H46N2O5. The molecule has 0 amide bonds. The lowest BCUT2D eigenvalue weighted by molar-refractivity contribution is -0.172. The number of hydrogen-bond donors (Lipinski definition) is 0. The Morgan fingerprint density at radius 3 is 1.87 bits per heavy atom. The van der Waals surface area contributed by atoms with Crippen LogP contribution in [0.15, 0.2) is 30.3 Å². The molecule has 7 nitrogen and oxygen atoms in total. The SMILES string of the molecule is CCCN(CCC)C(c1cccc(-c2c(C)cc(C)cc2C)n1)C(OCC)C(C(=O)OCC)C(=O)OCC. The van der Waals surface area contributed by atoms with E-state index in [2.05, 4.69) is 51.7 Å². The third kappa shape index (κ3) is 7.87. The van der Waals surface area contributed by atoms with Gasteiger partial charge >= 0.3 is 11.9 Å². The van der Waals surface area contributed by atoms with Gasteiger partial charge in [-0.3, -0.25) is 19.5 Å². The summed E-state index contributed by atoms with van der Waals surface area (Å²) in [4.78, 5) is 33.9. The highest BCUT2D eigenvalue weighted by Crippen LogP contribution is 2.34. The highest BCUT2D eigenvalue weighted by atomic mass is 16.6. The van der Waals surface area contributed by atoms with Crippen molar-refractivity contribution < 1.29 is 23.8 Å². The minimum absolute atomic E-state index is 0.158. The Bertz CT molecular complexity index is 1010. The largest absolute Gasteiger partial charge is 0.465 e. The zero-order valence-electron chi connectivity index (χ0n) is 24.5. The third-order valence-electron chi connectivity index (χ3n) is 6.50. The zero-order valence-corrected chi connectivity index (χ0v) is 24.5. The van der Waals surface area contributed by atoms with E-state index in [-0.39, 0.29) is 13.2 Å². The molecule has 1 aromatic carbocycles. The van der Waals surface area contributed by atoms with Gasteiger partial charge in [-0.05, 0) is 90.7 Å². The number of aromatic nitrogens is 1. The van der Waals surface area contributed by atoms with Crippen molar-refractivity contribution in [3.63, 3.8) is 0 Å². The monoisotopic (exact) mass is 526 g/mol. The number of benzene rings is 1. The number of rotatable bonds is 15. The van der Waals surface area contributed by atoms with Gasteiger partial charge in [-0.2, -0.15) is 0 Å². The van der Waals surface area contributed by atoms with Crippen LogP contribution in [-0.4, -0.2) is 60.8 Å². The predicted molar refractivity (Wildman–Crippen MR) is 151 cm³/mol. The first-order valence-electron chi connectivity index (χ1n) is 14.0. The van der Waals surface area contributed by atoms with Crippen LogP contribution in [0.1, 0.15) is 75.9 Å². The average molecular weight is 527 g/mol. The third-order valence-corrected chi connectivity index (χ3v) is 6.50. The minimum Gasteiger partial charge on any atom is -0.465 e. The van der Waals surface area contributed by atoms with E-state index in [9.17, 15) is 9.59 Å². The second-order valence-corrected chi connectivity index (χ2v) is 9.60. The molecule has 1 aromatic heterocycles. The Labute approximate surface area is 228 Å². The van der Waals surface area contributed by atoms with Gasteiger partial charge in [0, 0.05) is 12.2 Å². The van der Waals surface area contributed by atoms with E-state index in [0.717, 1.165) is 54.0 Å². The second-order valence-electron chi connectivity index (χ2n) is 9.60. The molecule has 2 unspecified atom stereocenters. The Morgan fingerprint density at radius 1 is 0.842 bits per heavy atom. The summed E-state index contributed by atoms with van der Waals surface area (Å²) in [6.07, 6.45) is 0.961. The summed E-state index contributed by atoms with van der Waals surface area (Å²) in [6.45, 7) is 18.0. The highest BCUT2D eigenvalue weighted by molar-refractivity contribution is 5.95. The van der Waals surface area contributed by atoms with Gasteiger partial charge in [0.2, 0.25) is 0 Å². The van der Waals surface area contributed by atoms with E-state index in [1.807, 2.05) is 25.1 Å². The van der Waals surface area contributed by atoms with Gasteiger partial charge in [-0.1, -0.05) is 37.6 Å². The van der Waals surface area contributed by atoms with Crippen LogP contribution in [0, 0.1) is 26.7 Å². The van der Waals surface area contributed by atoms with Crippen LogP contribution in [0.4, 0.5) is 0 Å². The Hall–Kier alpha value is -2.77. The van der Waals surface area contributed by atoms with Gasteiger partial charge in [0.1, 0.15) is 6.10 Å². The molecule has 0 aliphatic rings. The summed E-state index contributed by atoms with van der Waals surface area (Å²) < 4.78 is 17.0. The molecule has 2 aromatic rings. The van der Waals surface area contributed by atoms with Crippen LogP contribution < -0.4 is 0 Å². The Balaban J connectivity index is 2.77. The van der Waals surface area contributed by atoms with Crippen molar-refractivity contribution in [1.82, 2.24) is 9.88 Å². The van der Waals surface area contributed by atoms with Gasteiger partial charge < -0.3 is 14.2 Å². The molecule has 0 aliphatic heterocycles. The molecule has 0 aliphatic carbocycles. The van der Waals surface area contributed by atoms with E-state index in [0.29, 0.717) is 6.61 Å². The lowest BCUT2D eigenvalue weighted by Crippen LogP contribution is -2.48. The number of carbonyl (C=O) groups is 2. The van der Waals surface area contributed by atoms with E-state index >= 15 is 0 Å². The molecule has 0 N–H and O–H groups in total. The van der Waals surface area contributed by atoms with Gasteiger partial charge in [0.15, 0.2) is 5.92 Å². The number of carbonyl (C=O) groups excluding carboxylic acids is 2. The maximum Gasteiger partial charge on any atom is 0.323 e. The molecule has 7 heteroatoms. The Kier molecular flexibility index (Phi) is 12.9. The molecule has 1 heterocycles. The quantitative estimate of drug-likeness (QED) is 0.208. The highest BCUT2D eigenvalue weighted by Gasteiger charge is 2.45. The molecule has 38 heavy (non-hydrogen) atoms. The van der Waals surface area contributed by atoms with Crippen molar-refractivity contribution in [3.05, 3.63) is 52.7 Å². The molecule has 0 spiro atoms. The number of nitrogens with zero attached hydrogens (tertiary/aromatic N) is 2. The topological polar surface area (TPSA) is 78.0 Å². The summed E-state index contributed by atoms with van der Waals surface area (Å²) in [5, 5.41) is 0. The number of aryl methyl sites for hydroxylation is 3. The van der Waals surface area contributed by atoms with Crippen molar-refractivity contribution in [2.24, 2.45) is 5.92 Å². The number of esters is 2. The molecular weight excluding hydrogens is 480 g/mol. The summed E-state index contributed by atoms with van der Waals surface area (Å²) >= 11 is 0. The molecule has 0 saturated carbocycles. The standard InChI is InChI=1S/C31H46N2O5/c1-9-17-33(18-10-2)28(29(36-11-3)27(30(34)37-12-4)31(35)38-13-5)25-16-14-15-24(32-25)26-22(7)19-21(6)20-23(26)8/h14-16,19-20,27-29H,9-13,17-18H2,1-8H3. The van der Waals surface area contributed by atoms with Crippen LogP contribution in [0.2, 0.25) is 0 Å². The van der Waals surface area contributed by atoms with Crippen molar-refractivity contribution >= 4 is 11.9 Å². The first-order valence-corrected chi connectivity index (χ1v) is 14.0. The fourth-order valence-corrected chi connectivity index (χ4v) is 5.26. The minimum atomic E-state index is -1.23. The lowest BCUT2D eigenvalue weighted by Gasteiger charge is -2.38. The lowest BCUT2D eigenvalue weighted by atomic mass is 9.90. The van der Waals surface area contributed by atoms with E-state index < -0.39 is 30.0 Å². The average Bonchev–Trinajstić information content (AvgIpc) is 2.85. The van der Waals surface area contributed by atoms with E-state index in [1.54, 1.807) is 13.8 Å². The van der Waals surface area contributed by atoms with E-state index in [4.69, 9.17) is 19.2 Å². The predicted octanol–water partition coefficient (Wildman–Crippen LogP) is 5.98. The van der Waals surface area contributed by atoms with Crippen LogP contribution in [0.5, 0.6) is 0 Å². The van der Waals surface area contributed by atoms with Crippen molar-refractivity contribution in [2.75, 3.05) is 32.9 Å². The first kappa shape index (κ1) is 31.4. The van der Waals surface area contributed by atoms with Gasteiger partial charge in [-0.25, -0.2) is 0 Å². The van der Waals surface area contributed by atoms with Crippen molar-refractivity contribution in [1.29, 1.82) is 0 Å².